The number of hydrogen-bond acceptors (Lipinski definition) is 6. The molecule has 0 radical (unpaired) electrons. The zero-order valence-corrected chi connectivity index (χ0v) is 15.0. The Kier molecular flexibility index (Phi) is 4.25. The first-order valence-electron chi connectivity index (χ1n) is 8.08. The van der Waals surface area contributed by atoms with Gasteiger partial charge in [-0.2, -0.15) is 23.3 Å². The lowest BCUT2D eigenvalue weighted by Crippen LogP contribution is -2.36. The van der Waals surface area contributed by atoms with E-state index in [-0.39, 0.29) is 18.2 Å². The van der Waals surface area contributed by atoms with Crippen LogP contribution in [0.2, 0.25) is 0 Å². The van der Waals surface area contributed by atoms with Crippen molar-refractivity contribution in [3.8, 4) is 10.7 Å². The van der Waals surface area contributed by atoms with E-state index in [4.69, 9.17) is 0 Å². The highest BCUT2D eigenvalue weighted by molar-refractivity contribution is 7.15. The summed E-state index contributed by atoms with van der Waals surface area (Å²) in [5.41, 5.74) is 1.74. The lowest BCUT2D eigenvalue weighted by atomic mass is 10.1. The molecule has 0 N–H and O–H groups in total. The fourth-order valence-corrected chi connectivity index (χ4v) is 4.03. The highest BCUT2D eigenvalue weighted by atomic mass is 32.1. The Bertz CT molecular complexity index is 991. The molecule has 4 rings (SSSR count). The molecule has 0 aliphatic carbocycles. The molecule has 0 unspecified atom stereocenters. The number of rotatable bonds is 3. The number of halogens is 3. The molecule has 0 fully saturated rings. The minimum absolute atomic E-state index is 0.0136. The van der Waals surface area contributed by atoms with E-state index in [1.807, 2.05) is 0 Å². The van der Waals surface area contributed by atoms with Gasteiger partial charge < -0.3 is 9.42 Å². The second kappa shape index (κ2) is 6.48. The molecular formula is C16H14F3N5O2S. The average Bonchev–Trinajstić information content (AvgIpc) is 3.31. The van der Waals surface area contributed by atoms with Crippen molar-refractivity contribution >= 4 is 17.2 Å². The molecule has 4 heterocycles. The Morgan fingerprint density at radius 2 is 2.22 bits per heavy atom. The Morgan fingerprint density at radius 1 is 1.41 bits per heavy atom. The normalized spacial score (nSPS) is 14.4. The molecule has 0 atom stereocenters. The van der Waals surface area contributed by atoms with E-state index in [2.05, 4.69) is 19.8 Å². The maximum atomic E-state index is 12.6. The van der Waals surface area contributed by atoms with Gasteiger partial charge in [0.1, 0.15) is 0 Å². The number of carbonyl (C=O) groups is 1. The lowest BCUT2D eigenvalue weighted by molar-refractivity contribution is -0.159. The molecule has 1 aliphatic heterocycles. The number of aryl methyl sites for hydroxylation is 1. The lowest BCUT2D eigenvalue weighted by Gasteiger charge is -2.26. The first kappa shape index (κ1) is 17.7. The number of amides is 1. The van der Waals surface area contributed by atoms with E-state index in [0.29, 0.717) is 24.4 Å². The Labute approximate surface area is 155 Å². The van der Waals surface area contributed by atoms with Gasteiger partial charge in [0.05, 0.1) is 17.5 Å². The molecule has 3 aromatic rings. The summed E-state index contributed by atoms with van der Waals surface area (Å²) >= 11 is 1.33. The van der Waals surface area contributed by atoms with Gasteiger partial charge in [-0.15, -0.1) is 11.3 Å². The third kappa shape index (κ3) is 3.59. The van der Waals surface area contributed by atoms with Crippen molar-refractivity contribution in [2.45, 2.75) is 25.6 Å². The standard InChI is InChI=1S/C16H14F3N5O2S/c1-23-7-9(6-20-23)4-13(25)24-3-2-11-10(8-24)5-12(27-11)14-21-15(26-22-14)16(17,18)19/h5-7H,2-4,8H2,1H3. The van der Waals surface area contributed by atoms with Gasteiger partial charge >= 0.3 is 12.1 Å². The van der Waals surface area contributed by atoms with Gasteiger partial charge in [-0.1, -0.05) is 5.16 Å². The van der Waals surface area contributed by atoms with Gasteiger partial charge in [0.25, 0.3) is 0 Å². The number of alkyl halides is 3. The number of fused-ring (bicyclic) bond motifs is 1. The Balaban J connectivity index is 1.49. The summed E-state index contributed by atoms with van der Waals surface area (Å²) in [6, 6.07) is 1.73. The number of hydrogen-bond donors (Lipinski definition) is 0. The SMILES string of the molecule is Cn1cc(CC(=O)N2CCc3sc(-c4noc(C(F)(F)F)n4)cc3C2)cn1. The van der Waals surface area contributed by atoms with Crippen LogP contribution in [0.1, 0.15) is 21.9 Å². The van der Waals surface area contributed by atoms with E-state index < -0.39 is 12.1 Å². The van der Waals surface area contributed by atoms with Crippen LogP contribution in [0, 0.1) is 0 Å². The summed E-state index contributed by atoms with van der Waals surface area (Å²) in [6.07, 6.45) is -0.310. The largest absolute Gasteiger partial charge is 0.471 e. The second-order valence-electron chi connectivity index (χ2n) is 6.24. The molecule has 0 saturated heterocycles. The highest BCUT2D eigenvalue weighted by Crippen LogP contribution is 2.35. The summed E-state index contributed by atoms with van der Waals surface area (Å²) in [7, 11) is 1.79. The minimum atomic E-state index is -4.67. The van der Waals surface area contributed by atoms with Gasteiger partial charge in [-0.05, 0) is 23.6 Å². The molecular weight excluding hydrogens is 383 g/mol. The summed E-state index contributed by atoms with van der Waals surface area (Å²) in [5, 5.41) is 7.47. The van der Waals surface area contributed by atoms with E-state index in [1.54, 1.807) is 35.1 Å². The third-order valence-electron chi connectivity index (χ3n) is 4.22. The molecule has 3 aromatic heterocycles. The third-order valence-corrected chi connectivity index (χ3v) is 5.45. The van der Waals surface area contributed by atoms with Crippen LogP contribution in [0.3, 0.4) is 0 Å². The van der Waals surface area contributed by atoms with E-state index >= 15 is 0 Å². The quantitative estimate of drug-likeness (QED) is 0.679. The highest BCUT2D eigenvalue weighted by Gasteiger charge is 2.38. The van der Waals surface area contributed by atoms with Gasteiger partial charge in [0.15, 0.2) is 0 Å². The molecule has 0 aromatic carbocycles. The van der Waals surface area contributed by atoms with Crippen molar-refractivity contribution < 1.29 is 22.5 Å². The molecule has 27 heavy (non-hydrogen) atoms. The Morgan fingerprint density at radius 3 is 2.89 bits per heavy atom. The number of nitrogens with zero attached hydrogens (tertiary/aromatic N) is 5. The van der Waals surface area contributed by atoms with Gasteiger partial charge in [-0.3, -0.25) is 9.48 Å². The first-order chi connectivity index (χ1) is 12.8. The van der Waals surface area contributed by atoms with Crippen molar-refractivity contribution in [2.24, 2.45) is 7.05 Å². The van der Waals surface area contributed by atoms with Crippen LogP contribution in [-0.4, -0.2) is 37.3 Å². The summed E-state index contributed by atoms with van der Waals surface area (Å²) in [4.78, 5) is 19.2. The molecule has 0 bridgehead atoms. The van der Waals surface area contributed by atoms with E-state index in [1.165, 1.54) is 11.3 Å². The van der Waals surface area contributed by atoms with Crippen molar-refractivity contribution in [1.82, 2.24) is 24.8 Å². The van der Waals surface area contributed by atoms with Crippen molar-refractivity contribution in [1.29, 1.82) is 0 Å². The predicted octanol–water partition coefficient (Wildman–Crippen LogP) is 2.68. The van der Waals surface area contributed by atoms with Crippen LogP contribution >= 0.6 is 11.3 Å². The molecule has 11 heteroatoms. The molecule has 1 amide bonds. The molecule has 0 spiro atoms. The summed E-state index contributed by atoms with van der Waals surface area (Å²) < 4.78 is 43.8. The van der Waals surface area contributed by atoms with Crippen LogP contribution in [0.15, 0.2) is 23.0 Å². The fraction of sp³-hybridized carbons (Fsp3) is 0.375. The van der Waals surface area contributed by atoms with Crippen LogP contribution in [0.5, 0.6) is 0 Å². The van der Waals surface area contributed by atoms with Crippen molar-refractivity contribution in [2.75, 3.05) is 6.54 Å². The molecule has 0 saturated carbocycles. The number of carbonyl (C=O) groups excluding carboxylic acids is 1. The zero-order valence-electron chi connectivity index (χ0n) is 14.2. The first-order valence-corrected chi connectivity index (χ1v) is 8.89. The van der Waals surface area contributed by atoms with E-state index in [0.717, 1.165) is 16.0 Å². The maximum absolute atomic E-state index is 12.6. The molecule has 1 aliphatic rings. The monoisotopic (exact) mass is 397 g/mol. The summed E-state index contributed by atoms with van der Waals surface area (Å²) in [5.74, 6) is -1.47. The van der Waals surface area contributed by atoms with Gasteiger partial charge in [-0.25, -0.2) is 0 Å². The fourth-order valence-electron chi connectivity index (χ4n) is 2.94. The minimum Gasteiger partial charge on any atom is -0.338 e. The number of aromatic nitrogens is 4. The zero-order chi connectivity index (χ0) is 19.2. The van der Waals surface area contributed by atoms with Crippen LogP contribution < -0.4 is 0 Å². The smallest absolute Gasteiger partial charge is 0.338 e. The van der Waals surface area contributed by atoms with Gasteiger partial charge in [0, 0.05) is 31.2 Å². The van der Waals surface area contributed by atoms with Crippen LogP contribution in [0.4, 0.5) is 13.2 Å². The molecule has 142 valence electrons. The van der Waals surface area contributed by atoms with Crippen LogP contribution in [-0.2, 0) is 37.4 Å². The van der Waals surface area contributed by atoms with Crippen LogP contribution in [0.25, 0.3) is 10.7 Å². The topological polar surface area (TPSA) is 77.0 Å². The maximum Gasteiger partial charge on any atom is 0.471 e. The number of thiophene rings is 1. The van der Waals surface area contributed by atoms with E-state index in [9.17, 15) is 18.0 Å². The predicted molar refractivity (Wildman–Crippen MR) is 88.6 cm³/mol. The second-order valence-corrected chi connectivity index (χ2v) is 7.38. The average molecular weight is 397 g/mol. The van der Waals surface area contributed by atoms with Crippen molar-refractivity contribution in [3.63, 3.8) is 0 Å². The molecule has 7 nitrogen and oxygen atoms in total. The van der Waals surface area contributed by atoms with Crippen molar-refractivity contribution in [3.05, 3.63) is 40.4 Å². The summed E-state index contributed by atoms with van der Waals surface area (Å²) in [6.45, 7) is 0.973. The van der Waals surface area contributed by atoms with Gasteiger partial charge in [0.2, 0.25) is 11.7 Å². The Hall–Kier alpha value is -2.69.